The molecule has 1 aliphatic rings. The van der Waals surface area contributed by atoms with Gasteiger partial charge in [0.25, 0.3) is 5.56 Å². The lowest BCUT2D eigenvalue weighted by molar-refractivity contribution is -0.121. The number of nitrogens with one attached hydrogen (secondary N) is 2. The van der Waals surface area contributed by atoms with Gasteiger partial charge in [0.2, 0.25) is 18.6 Å². The molecule has 1 atom stereocenters. The van der Waals surface area contributed by atoms with E-state index in [1.54, 1.807) is 30.9 Å². The van der Waals surface area contributed by atoms with Crippen LogP contribution in [0, 0.1) is 0 Å². The zero-order chi connectivity index (χ0) is 29.2. The second-order valence-corrected chi connectivity index (χ2v) is 10.6. The molecule has 0 saturated carbocycles. The van der Waals surface area contributed by atoms with Crippen molar-refractivity contribution in [2.24, 2.45) is 0 Å². The number of fused-ring (bicyclic) bond motifs is 2. The van der Waals surface area contributed by atoms with Crippen molar-refractivity contribution in [2.45, 2.75) is 56.1 Å². The number of aromatic nitrogens is 2. The molecule has 220 valence electrons. The zero-order valence-electron chi connectivity index (χ0n) is 23.6. The number of benzene rings is 2. The third-order valence-corrected chi connectivity index (χ3v) is 7.94. The summed E-state index contributed by atoms with van der Waals surface area (Å²) < 4.78 is 22.7. The summed E-state index contributed by atoms with van der Waals surface area (Å²) in [5, 5.41) is 6.20. The zero-order valence-corrected chi connectivity index (χ0v) is 24.4. The topological polar surface area (TPSA) is 130 Å². The van der Waals surface area contributed by atoms with Gasteiger partial charge in [-0.2, -0.15) is 0 Å². The van der Waals surface area contributed by atoms with Crippen molar-refractivity contribution in [1.29, 1.82) is 0 Å². The van der Waals surface area contributed by atoms with Gasteiger partial charge in [-0.05, 0) is 43.0 Å². The Labute approximate surface area is 242 Å². The van der Waals surface area contributed by atoms with E-state index in [2.05, 4.69) is 10.6 Å². The summed E-state index contributed by atoms with van der Waals surface area (Å²) in [7, 11) is 3.22. The smallest absolute Gasteiger partial charge is 0.262 e. The number of carbonyl (C=O) groups excluding carboxylic acids is 2. The molecule has 3 aromatic rings. The van der Waals surface area contributed by atoms with E-state index in [4.69, 9.17) is 23.9 Å². The van der Waals surface area contributed by atoms with Crippen molar-refractivity contribution in [1.82, 2.24) is 20.2 Å². The average molecular weight is 585 g/mol. The Morgan fingerprint density at radius 2 is 1.85 bits per heavy atom. The molecule has 0 aliphatic carbocycles. The van der Waals surface area contributed by atoms with E-state index in [0.29, 0.717) is 66.5 Å². The van der Waals surface area contributed by atoms with E-state index in [1.807, 2.05) is 31.2 Å². The number of hydrogen-bond acceptors (Lipinski definition) is 9. The van der Waals surface area contributed by atoms with E-state index in [0.717, 1.165) is 11.3 Å². The first-order chi connectivity index (χ1) is 19.9. The highest BCUT2D eigenvalue weighted by molar-refractivity contribution is 8.00. The first-order valence-corrected chi connectivity index (χ1v) is 14.5. The van der Waals surface area contributed by atoms with Crippen LogP contribution in [-0.4, -0.2) is 60.8 Å². The first-order valence-electron chi connectivity index (χ1n) is 13.6. The van der Waals surface area contributed by atoms with Crippen LogP contribution in [0.2, 0.25) is 0 Å². The fourth-order valence-corrected chi connectivity index (χ4v) is 5.36. The summed E-state index contributed by atoms with van der Waals surface area (Å²) in [6.07, 6.45) is 1.89. The lowest BCUT2D eigenvalue weighted by Gasteiger charge is -2.18. The van der Waals surface area contributed by atoms with Crippen molar-refractivity contribution in [3.63, 3.8) is 0 Å². The van der Waals surface area contributed by atoms with Gasteiger partial charge < -0.3 is 29.6 Å². The fourth-order valence-electron chi connectivity index (χ4n) is 4.30. The van der Waals surface area contributed by atoms with E-state index >= 15 is 0 Å². The molecule has 2 N–H and O–H groups in total. The number of carbonyl (C=O) groups is 2. The molecule has 4 rings (SSSR count). The molecule has 1 aliphatic heterocycles. The Balaban J connectivity index is 1.48. The van der Waals surface area contributed by atoms with Crippen LogP contribution >= 0.6 is 11.8 Å². The van der Waals surface area contributed by atoms with Crippen molar-refractivity contribution in [3.05, 3.63) is 52.3 Å². The molecule has 0 saturated heterocycles. The monoisotopic (exact) mass is 584 g/mol. The van der Waals surface area contributed by atoms with Crippen LogP contribution in [0.3, 0.4) is 0 Å². The first kappa shape index (κ1) is 30.2. The molecule has 41 heavy (non-hydrogen) atoms. The minimum Gasteiger partial charge on any atom is -0.497 e. The highest BCUT2D eigenvalue weighted by atomic mass is 32.2. The minimum atomic E-state index is -0.449. The quantitative estimate of drug-likeness (QED) is 0.157. The van der Waals surface area contributed by atoms with Crippen LogP contribution in [0.25, 0.3) is 10.9 Å². The van der Waals surface area contributed by atoms with Crippen molar-refractivity contribution < 1.29 is 28.5 Å². The third kappa shape index (κ3) is 7.92. The molecule has 0 spiro atoms. The maximum Gasteiger partial charge on any atom is 0.262 e. The van der Waals surface area contributed by atoms with Gasteiger partial charge >= 0.3 is 0 Å². The maximum absolute atomic E-state index is 13.7. The van der Waals surface area contributed by atoms with E-state index in [1.165, 1.54) is 11.8 Å². The average Bonchev–Trinajstić information content (AvgIpc) is 3.45. The van der Waals surface area contributed by atoms with Gasteiger partial charge in [-0.25, -0.2) is 4.98 Å². The Hall–Kier alpha value is -3.77. The van der Waals surface area contributed by atoms with Crippen LogP contribution in [0.4, 0.5) is 0 Å². The largest absolute Gasteiger partial charge is 0.497 e. The van der Waals surface area contributed by atoms with Crippen molar-refractivity contribution >= 4 is 34.5 Å². The summed E-state index contributed by atoms with van der Waals surface area (Å²) in [6.45, 7) is 3.71. The normalized spacial score (nSPS) is 12.8. The molecule has 0 unspecified atom stereocenters. The van der Waals surface area contributed by atoms with Crippen LogP contribution in [0.15, 0.2) is 46.3 Å². The summed E-state index contributed by atoms with van der Waals surface area (Å²) >= 11 is 1.24. The summed E-state index contributed by atoms with van der Waals surface area (Å²) in [5.41, 5.74) is 1.16. The van der Waals surface area contributed by atoms with E-state index in [-0.39, 0.29) is 37.1 Å². The molecular weight excluding hydrogens is 548 g/mol. The minimum absolute atomic E-state index is 0.0776. The number of hydrogen-bond donors (Lipinski definition) is 2. The number of rotatable bonds is 15. The number of ether oxygens (including phenoxy) is 4. The van der Waals surface area contributed by atoms with Crippen molar-refractivity contribution in [2.75, 3.05) is 34.2 Å². The standard InChI is InChI=1S/C29H36N4O7S/c1-4-25(27(35)30-12-6-14-37-2)41-29-32-22-16-24-23(39-18-40-24)15-21(22)28(36)33(29)13-5-7-26(34)31-17-19-8-10-20(38-3)11-9-19/h8-11,15-16,25H,4-7,12-14,17-18H2,1-3H3,(H,30,35)(H,31,34)/t25-/m0/s1. The predicted octanol–water partition coefficient (Wildman–Crippen LogP) is 3.25. The Bertz CT molecular complexity index is 1410. The Kier molecular flexibility index (Phi) is 10.9. The van der Waals surface area contributed by atoms with E-state index < -0.39 is 5.25 Å². The third-order valence-electron chi connectivity index (χ3n) is 6.58. The SMILES string of the molecule is CC[C@H](Sc1nc2cc3c(cc2c(=O)n1CCCC(=O)NCc1ccc(OC)cc1)OCO3)C(=O)NCCCOC. The van der Waals surface area contributed by atoms with Gasteiger partial charge in [-0.3, -0.25) is 19.0 Å². The number of methoxy groups -OCH3 is 2. The van der Waals surface area contributed by atoms with Gasteiger partial charge in [0, 0.05) is 45.8 Å². The van der Waals surface area contributed by atoms with Gasteiger partial charge in [-0.1, -0.05) is 30.8 Å². The molecule has 0 radical (unpaired) electrons. The van der Waals surface area contributed by atoms with Crippen LogP contribution in [-0.2, 0) is 27.4 Å². The molecule has 2 aromatic carbocycles. The van der Waals surface area contributed by atoms with Crippen molar-refractivity contribution in [3.8, 4) is 17.2 Å². The van der Waals surface area contributed by atoms with E-state index in [9.17, 15) is 14.4 Å². The molecule has 12 heteroatoms. The lowest BCUT2D eigenvalue weighted by Crippen LogP contribution is -2.34. The number of nitrogens with zero attached hydrogens (tertiary/aromatic N) is 2. The Morgan fingerprint density at radius 1 is 1.10 bits per heavy atom. The predicted molar refractivity (Wildman–Crippen MR) is 156 cm³/mol. The van der Waals surface area contributed by atoms with Gasteiger partial charge in [-0.15, -0.1) is 0 Å². The lowest BCUT2D eigenvalue weighted by atomic mass is 10.2. The highest BCUT2D eigenvalue weighted by Gasteiger charge is 2.24. The molecule has 0 bridgehead atoms. The molecule has 0 fully saturated rings. The second kappa shape index (κ2) is 14.7. The number of amides is 2. The van der Waals surface area contributed by atoms with Crippen LogP contribution in [0.5, 0.6) is 17.2 Å². The fraction of sp³-hybridized carbons (Fsp3) is 0.448. The molecule has 2 heterocycles. The molecule has 1 aromatic heterocycles. The maximum atomic E-state index is 13.7. The van der Waals surface area contributed by atoms with Gasteiger partial charge in [0.05, 0.1) is 23.3 Å². The highest BCUT2D eigenvalue weighted by Crippen LogP contribution is 2.35. The van der Waals surface area contributed by atoms with Gasteiger partial charge in [0.15, 0.2) is 16.7 Å². The van der Waals surface area contributed by atoms with Crippen LogP contribution < -0.4 is 30.4 Å². The molecular formula is C29H36N4O7S. The second-order valence-electron chi connectivity index (χ2n) is 9.45. The molecule has 2 amide bonds. The summed E-state index contributed by atoms with van der Waals surface area (Å²) in [4.78, 5) is 43.9. The van der Waals surface area contributed by atoms with Crippen LogP contribution in [0.1, 0.15) is 38.2 Å². The summed E-state index contributed by atoms with van der Waals surface area (Å²) in [5.74, 6) is 1.51. The number of thioether (sulfide) groups is 1. The Morgan fingerprint density at radius 3 is 2.56 bits per heavy atom. The molecule has 11 nitrogen and oxygen atoms in total. The van der Waals surface area contributed by atoms with Gasteiger partial charge in [0.1, 0.15) is 5.75 Å². The summed E-state index contributed by atoms with van der Waals surface area (Å²) in [6, 6.07) is 10.8.